The number of halogens is 4. The summed E-state index contributed by atoms with van der Waals surface area (Å²) in [4.78, 5) is 42.6. The van der Waals surface area contributed by atoms with E-state index in [0.29, 0.717) is 17.4 Å². The van der Waals surface area contributed by atoms with Gasteiger partial charge in [0.15, 0.2) is 5.13 Å². The molecular weight excluding hydrogens is 476 g/mol. The molecule has 0 radical (unpaired) electrons. The highest BCUT2D eigenvalue weighted by Crippen LogP contribution is 2.34. The number of aromatic nitrogens is 1. The number of amides is 4. The van der Waals surface area contributed by atoms with Gasteiger partial charge < -0.3 is 5.32 Å². The first kappa shape index (κ1) is 23.5. The van der Waals surface area contributed by atoms with Crippen LogP contribution in [0, 0.1) is 11.7 Å². The molecule has 0 saturated carbocycles. The number of hydrogen-bond donors (Lipinski definition) is 1. The van der Waals surface area contributed by atoms with Crippen LogP contribution in [0.5, 0.6) is 0 Å². The minimum atomic E-state index is -4.67. The molecule has 1 N–H and O–H groups in total. The van der Waals surface area contributed by atoms with Crippen LogP contribution in [0.25, 0.3) is 11.3 Å². The number of thiazole rings is 1. The Labute approximate surface area is 194 Å². The Kier molecular flexibility index (Phi) is 5.94. The zero-order valence-corrected chi connectivity index (χ0v) is 18.6. The first-order valence-electron chi connectivity index (χ1n) is 9.89. The van der Waals surface area contributed by atoms with Gasteiger partial charge in [-0.3, -0.25) is 4.79 Å². The zero-order chi connectivity index (χ0) is 24.8. The van der Waals surface area contributed by atoms with Gasteiger partial charge in [0.2, 0.25) is 5.91 Å². The minimum Gasteiger partial charge on any atom is -0.302 e. The number of nitrogens with one attached hydrogen (secondary N) is 1. The molecule has 1 aromatic carbocycles. The molecule has 2 aliphatic rings. The van der Waals surface area contributed by atoms with Crippen LogP contribution < -0.4 is 5.32 Å². The Bertz CT molecular complexity index is 1310. The molecule has 0 spiro atoms. The van der Waals surface area contributed by atoms with E-state index in [2.05, 4.69) is 10.3 Å². The number of benzene rings is 1. The largest absolute Gasteiger partial charge is 0.500 e. The summed E-state index contributed by atoms with van der Waals surface area (Å²) in [6, 6.07) is 1.66. The number of carbonyl (C=O) groups excluding carboxylic acids is 3. The number of carbonyl (C=O) groups is 3. The van der Waals surface area contributed by atoms with E-state index in [4.69, 9.17) is 0 Å². The van der Waals surface area contributed by atoms with Crippen LogP contribution in [-0.4, -0.2) is 52.1 Å². The number of imide groups is 1. The Balaban J connectivity index is 1.49. The molecule has 7 nitrogen and oxygen atoms in total. The molecule has 1 aliphatic heterocycles. The first-order valence-corrected chi connectivity index (χ1v) is 10.8. The monoisotopic (exact) mass is 493 g/mol. The smallest absolute Gasteiger partial charge is 0.302 e. The fourth-order valence-corrected chi connectivity index (χ4v) is 4.46. The molecule has 176 valence electrons. The number of hydrogen-bond acceptors (Lipinski definition) is 5. The highest BCUT2D eigenvalue weighted by atomic mass is 32.1. The summed E-state index contributed by atoms with van der Waals surface area (Å²) in [7, 11) is 2.91. The van der Waals surface area contributed by atoms with Crippen molar-refractivity contribution in [3.8, 4) is 11.3 Å². The topological polar surface area (TPSA) is 82.4 Å². The van der Waals surface area contributed by atoms with Gasteiger partial charge in [-0.2, -0.15) is 27.4 Å². The van der Waals surface area contributed by atoms with Gasteiger partial charge in [-0.05, 0) is 29.8 Å². The lowest BCUT2D eigenvalue weighted by Gasteiger charge is -2.27. The van der Waals surface area contributed by atoms with Crippen molar-refractivity contribution in [3.05, 3.63) is 58.8 Å². The molecule has 1 unspecified atom stereocenters. The van der Waals surface area contributed by atoms with Crippen LogP contribution in [0.2, 0.25) is 0 Å². The summed E-state index contributed by atoms with van der Waals surface area (Å²) in [5.74, 6) is -2.81. The van der Waals surface area contributed by atoms with E-state index < -0.39 is 41.3 Å². The van der Waals surface area contributed by atoms with Crippen molar-refractivity contribution in [2.24, 2.45) is 5.92 Å². The average molecular weight is 493 g/mol. The lowest BCUT2D eigenvalue weighted by atomic mass is 9.85. The number of urea groups is 1. The molecular formula is C22H17F4N4O3S+. The van der Waals surface area contributed by atoms with E-state index in [1.165, 1.54) is 17.0 Å². The second-order valence-corrected chi connectivity index (χ2v) is 8.51. The molecule has 0 fully saturated rings. The van der Waals surface area contributed by atoms with E-state index in [9.17, 15) is 31.9 Å². The molecule has 34 heavy (non-hydrogen) atoms. The molecule has 4 rings (SSSR count). The summed E-state index contributed by atoms with van der Waals surface area (Å²) >= 11 is 0.979. The molecule has 1 aliphatic carbocycles. The second-order valence-electron chi connectivity index (χ2n) is 7.65. The summed E-state index contributed by atoms with van der Waals surface area (Å²) in [6.07, 6.45) is 0.0847. The van der Waals surface area contributed by atoms with Crippen LogP contribution >= 0.6 is 11.3 Å². The highest BCUT2D eigenvalue weighted by molar-refractivity contribution is 7.14. The number of nitrogens with zero attached hydrogens (tertiary/aromatic N) is 3. The van der Waals surface area contributed by atoms with Gasteiger partial charge in [0.25, 0.3) is 0 Å². The molecule has 12 heteroatoms. The van der Waals surface area contributed by atoms with E-state index >= 15 is 0 Å². The maximum absolute atomic E-state index is 14.2. The number of fused-ring (bicyclic) bond motifs is 1. The Hall–Kier alpha value is -3.67. The number of allylic oxidation sites excluding steroid dienone is 3. The summed E-state index contributed by atoms with van der Waals surface area (Å²) in [5, 5.41) is 4.10. The van der Waals surface area contributed by atoms with Crippen molar-refractivity contribution in [1.82, 2.24) is 9.88 Å². The van der Waals surface area contributed by atoms with Crippen LogP contribution in [-0.2, 0) is 15.8 Å². The van der Waals surface area contributed by atoms with E-state index in [1.54, 1.807) is 25.3 Å². The fraction of sp³-hybridized carbons (Fsp3) is 0.227. The average Bonchev–Trinajstić information content (AvgIpc) is 3.23. The number of anilines is 1. The van der Waals surface area contributed by atoms with E-state index in [1.807, 2.05) is 0 Å². The predicted molar refractivity (Wildman–Crippen MR) is 116 cm³/mol. The Morgan fingerprint density at radius 1 is 1.29 bits per heavy atom. The van der Waals surface area contributed by atoms with Gasteiger partial charge in [0, 0.05) is 17.4 Å². The lowest BCUT2D eigenvalue weighted by molar-refractivity contribution is -0.405. The molecule has 2 aromatic rings. The van der Waals surface area contributed by atoms with Crippen molar-refractivity contribution < 1.29 is 36.5 Å². The molecule has 1 atom stereocenters. The van der Waals surface area contributed by atoms with Crippen LogP contribution in [0.15, 0.2) is 47.4 Å². The molecule has 0 bridgehead atoms. The van der Waals surface area contributed by atoms with Gasteiger partial charge in [-0.15, -0.1) is 11.3 Å². The maximum Gasteiger partial charge on any atom is 0.500 e. The Morgan fingerprint density at radius 2 is 2.03 bits per heavy atom. The molecule has 4 amide bonds. The van der Waals surface area contributed by atoms with Crippen molar-refractivity contribution >= 4 is 40.0 Å². The third-order valence-corrected chi connectivity index (χ3v) is 6.23. The molecule has 0 saturated heterocycles. The van der Waals surface area contributed by atoms with Gasteiger partial charge in [0.05, 0.1) is 25.4 Å². The summed E-state index contributed by atoms with van der Waals surface area (Å²) in [6.45, 7) is 0. The van der Waals surface area contributed by atoms with Crippen LogP contribution in [0.1, 0.15) is 12.0 Å². The summed E-state index contributed by atoms with van der Waals surface area (Å²) in [5.41, 5.74) is -0.220. The molecule has 2 heterocycles. The number of rotatable bonds is 4. The standard InChI is InChI=1S/C22H16F4N4O3S/c1-29-16-5-3-4-11(18(16)19(32)30(2)21(29)33)8-17(31)28-20-27-15(10-34-20)13-7-6-12(9-14(13)23)22(24,25)26/h3-7,9-10,18H,8H2,1-2H3/p+1. The first-order chi connectivity index (χ1) is 16.0. The third-order valence-electron chi connectivity index (χ3n) is 5.47. The lowest BCUT2D eigenvalue weighted by Crippen LogP contribution is -2.52. The van der Waals surface area contributed by atoms with Gasteiger partial charge in [-0.25, -0.2) is 14.2 Å². The number of alkyl halides is 3. The third kappa shape index (κ3) is 4.28. The maximum atomic E-state index is 14.2. The molecule has 1 aromatic heterocycles. The van der Waals surface area contributed by atoms with Gasteiger partial charge in [-0.1, -0.05) is 12.2 Å². The minimum absolute atomic E-state index is 0.0752. The predicted octanol–water partition coefficient (Wildman–Crippen LogP) is 4.08. The quantitative estimate of drug-likeness (QED) is 0.514. The fourth-order valence-electron chi connectivity index (χ4n) is 3.73. The van der Waals surface area contributed by atoms with Gasteiger partial charge in [0.1, 0.15) is 17.4 Å². The van der Waals surface area contributed by atoms with Crippen molar-refractivity contribution in [2.75, 3.05) is 19.4 Å². The van der Waals surface area contributed by atoms with E-state index in [-0.39, 0.29) is 22.8 Å². The SMILES string of the molecule is CN1C(=O)C2C(CC(=O)Nc3nc(-c4ccc(C(F)(F)F)cc4F)cs3)=CC=CC2=[N+](C)C1=O. The highest BCUT2D eigenvalue weighted by Gasteiger charge is 2.46. The second kappa shape index (κ2) is 8.60. The Morgan fingerprint density at radius 3 is 2.71 bits per heavy atom. The van der Waals surface area contributed by atoms with Crippen molar-refractivity contribution in [1.29, 1.82) is 0 Å². The van der Waals surface area contributed by atoms with Crippen molar-refractivity contribution in [3.63, 3.8) is 0 Å². The van der Waals surface area contributed by atoms with E-state index in [0.717, 1.165) is 28.4 Å². The zero-order valence-electron chi connectivity index (χ0n) is 17.8. The van der Waals surface area contributed by atoms with Gasteiger partial charge >= 0.3 is 18.1 Å². The summed E-state index contributed by atoms with van der Waals surface area (Å²) < 4.78 is 53.8. The van der Waals surface area contributed by atoms with Crippen molar-refractivity contribution in [2.45, 2.75) is 12.6 Å². The van der Waals surface area contributed by atoms with Crippen LogP contribution in [0.4, 0.5) is 27.5 Å². The normalized spacial score (nSPS) is 18.2. The van der Waals surface area contributed by atoms with Crippen LogP contribution in [0.3, 0.4) is 0 Å².